The number of hydrogen-bond acceptors (Lipinski definition) is 7. The van der Waals surface area contributed by atoms with Crippen LogP contribution in [0.3, 0.4) is 0 Å². The van der Waals surface area contributed by atoms with Crippen LogP contribution in [0.2, 0.25) is 0 Å². The Hall–Kier alpha value is -3.20. The highest BCUT2D eigenvalue weighted by Crippen LogP contribution is 2.30. The van der Waals surface area contributed by atoms with Crippen LogP contribution in [0.15, 0.2) is 35.9 Å². The largest absolute Gasteiger partial charge is 0.392 e. The zero-order chi connectivity index (χ0) is 20.5. The average molecular weight is 411 g/mol. The molecule has 1 N–H and O–H groups in total. The number of nitrogens with zero attached hydrogens (tertiary/aromatic N) is 4. The molecule has 29 heavy (non-hydrogen) atoms. The van der Waals surface area contributed by atoms with Gasteiger partial charge in [0.15, 0.2) is 0 Å². The molecule has 7 nitrogen and oxygen atoms in total. The van der Waals surface area contributed by atoms with Gasteiger partial charge in [0.2, 0.25) is 0 Å². The third-order valence-corrected chi connectivity index (χ3v) is 5.56. The van der Waals surface area contributed by atoms with E-state index in [1.807, 2.05) is 19.9 Å². The van der Waals surface area contributed by atoms with Gasteiger partial charge in [0.25, 0.3) is 5.91 Å². The van der Waals surface area contributed by atoms with Crippen molar-refractivity contribution >= 4 is 28.8 Å². The summed E-state index contributed by atoms with van der Waals surface area (Å²) in [7, 11) is 0. The van der Waals surface area contributed by atoms with Crippen molar-refractivity contribution in [2.45, 2.75) is 33.3 Å². The topological polar surface area (TPSA) is 89.4 Å². The Balaban J connectivity index is 1.52. The zero-order valence-electron chi connectivity index (χ0n) is 16.1. The standard InChI is InChI=1S/C20H18FN5O2S/c1-10-6-16(26-28-10)20-25-18(12(3)29-20)13-4-5-17(23-7-13)24-19(27)14-8-22-9-15(21)11(14)2/h4-5,7-10H,6H2,1-3H3,(H,23,24,27). The van der Waals surface area contributed by atoms with Gasteiger partial charge in [-0.05, 0) is 32.9 Å². The number of thiazole rings is 1. The molecular formula is C20H18FN5O2S. The van der Waals surface area contributed by atoms with Gasteiger partial charge in [-0.2, -0.15) is 0 Å². The molecule has 0 bridgehead atoms. The maximum Gasteiger partial charge on any atom is 0.258 e. The predicted molar refractivity (Wildman–Crippen MR) is 109 cm³/mol. The Labute approximate surface area is 170 Å². The van der Waals surface area contributed by atoms with Gasteiger partial charge < -0.3 is 10.2 Å². The predicted octanol–water partition coefficient (Wildman–Crippen LogP) is 4.12. The summed E-state index contributed by atoms with van der Waals surface area (Å²) in [6, 6.07) is 3.52. The molecule has 1 aliphatic rings. The minimum absolute atomic E-state index is 0.0687. The summed E-state index contributed by atoms with van der Waals surface area (Å²) < 4.78 is 13.6. The molecule has 0 saturated carbocycles. The number of nitrogens with one attached hydrogen (secondary N) is 1. The van der Waals surface area contributed by atoms with E-state index >= 15 is 0 Å². The Morgan fingerprint density at radius 3 is 2.79 bits per heavy atom. The minimum atomic E-state index is -0.526. The number of halogens is 1. The summed E-state index contributed by atoms with van der Waals surface area (Å²) in [5.74, 6) is -0.629. The Kier molecular flexibility index (Phi) is 5.06. The van der Waals surface area contributed by atoms with Crippen LogP contribution >= 0.6 is 11.3 Å². The average Bonchev–Trinajstić information content (AvgIpc) is 3.30. The molecular weight excluding hydrogens is 393 g/mol. The van der Waals surface area contributed by atoms with Crippen LogP contribution in [0, 0.1) is 19.7 Å². The molecule has 0 aliphatic carbocycles. The van der Waals surface area contributed by atoms with Crippen LogP contribution < -0.4 is 5.32 Å². The number of carbonyl (C=O) groups excluding carboxylic acids is 1. The van der Waals surface area contributed by atoms with Crippen LogP contribution in [-0.2, 0) is 4.84 Å². The fourth-order valence-corrected chi connectivity index (χ4v) is 3.86. The molecule has 0 fully saturated rings. The molecule has 3 aromatic rings. The van der Waals surface area contributed by atoms with Crippen molar-refractivity contribution in [3.63, 3.8) is 0 Å². The highest BCUT2D eigenvalue weighted by Gasteiger charge is 2.22. The molecule has 1 atom stereocenters. The third kappa shape index (κ3) is 3.86. The van der Waals surface area contributed by atoms with Crippen LogP contribution in [0.4, 0.5) is 10.2 Å². The molecule has 1 aliphatic heterocycles. The van der Waals surface area contributed by atoms with Gasteiger partial charge in [0.05, 0.1) is 17.5 Å². The first kappa shape index (κ1) is 19.1. The first-order valence-electron chi connectivity index (χ1n) is 9.00. The number of pyridine rings is 2. The number of aromatic nitrogens is 3. The van der Waals surface area contributed by atoms with Gasteiger partial charge in [0.1, 0.15) is 28.5 Å². The molecule has 9 heteroatoms. The SMILES string of the molecule is Cc1sc(C2=NOC(C)C2)nc1-c1ccc(NC(=O)c2cncc(F)c2C)nc1. The number of aryl methyl sites for hydroxylation is 1. The van der Waals surface area contributed by atoms with Crippen molar-refractivity contribution in [3.05, 3.63) is 57.6 Å². The number of carbonyl (C=O) groups is 1. The van der Waals surface area contributed by atoms with Crippen LogP contribution in [0.5, 0.6) is 0 Å². The van der Waals surface area contributed by atoms with Gasteiger partial charge in [0, 0.05) is 34.8 Å². The molecule has 1 unspecified atom stereocenters. The normalized spacial score (nSPS) is 15.7. The summed E-state index contributed by atoms with van der Waals surface area (Å²) >= 11 is 1.56. The van der Waals surface area contributed by atoms with Crippen molar-refractivity contribution in [2.75, 3.05) is 5.32 Å². The Morgan fingerprint density at radius 2 is 2.10 bits per heavy atom. The number of rotatable bonds is 4. The maximum absolute atomic E-state index is 13.6. The quantitative estimate of drug-likeness (QED) is 0.698. The summed E-state index contributed by atoms with van der Waals surface area (Å²) in [5, 5.41) is 7.60. The lowest BCUT2D eigenvalue weighted by atomic mass is 10.1. The van der Waals surface area contributed by atoms with E-state index in [0.717, 1.165) is 39.5 Å². The first-order valence-corrected chi connectivity index (χ1v) is 9.82. The highest BCUT2D eigenvalue weighted by molar-refractivity contribution is 7.14. The van der Waals surface area contributed by atoms with Crippen LogP contribution in [0.1, 0.15) is 39.2 Å². The second-order valence-electron chi connectivity index (χ2n) is 6.76. The lowest BCUT2D eigenvalue weighted by molar-refractivity contribution is 0.0995. The Bertz CT molecular complexity index is 1110. The zero-order valence-corrected chi connectivity index (χ0v) is 16.9. The minimum Gasteiger partial charge on any atom is -0.392 e. The van der Waals surface area contributed by atoms with Gasteiger partial charge >= 0.3 is 0 Å². The summed E-state index contributed by atoms with van der Waals surface area (Å²) in [6.07, 6.45) is 4.86. The molecule has 0 saturated heterocycles. The number of amides is 1. The summed E-state index contributed by atoms with van der Waals surface area (Å²) in [4.78, 5) is 31.4. The highest BCUT2D eigenvalue weighted by atomic mass is 32.1. The molecule has 0 aromatic carbocycles. The molecule has 0 radical (unpaired) electrons. The molecule has 148 valence electrons. The van der Waals surface area contributed by atoms with E-state index in [1.165, 1.54) is 13.1 Å². The first-order chi connectivity index (χ1) is 13.9. The fraction of sp³-hybridized carbons (Fsp3) is 0.250. The van der Waals surface area contributed by atoms with E-state index < -0.39 is 11.7 Å². The van der Waals surface area contributed by atoms with E-state index in [2.05, 4.69) is 25.4 Å². The van der Waals surface area contributed by atoms with Crippen molar-refractivity contribution in [2.24, 2.45) is 5.16 Å². The van der Waals surface area contributed by atoms with Crippen molar-refractivity contribution in [1.82, 2.24) is 15.0 Å². The monoisotopic (exact) mass is 411 g/mol. The lowest BCUT2D eigenvalue weighted by Gasteiger charge is -2.07. The van der Waals surface area contributed by atoms with Crippen LogP contribution in [0.25, 0.3) is 11.3 Å². The van der Waals surface area contributed by atoms with E-state index in [0.29, 0.717) is 5.82 Å². The third-order valence-electron chi connectivity index (χ3n) is 4.54. The molecule has 4 rings (SSSR count). The maximum atomic E-state index is 13.6. The van der Waals surface area contributed by atoms with Gasteiger partial charge in [-0.15, -0.1) is 11.3 Å². The van der Waals surface area contributed by atoms with Gasteiger partial charge in [-0.3, -0.25) is 9.78 Å². The van der Waals surface area contributed by atoms with Gasteiger partial charge in [-0.25, -0.2) is 14.4 Å². The molecule has 3 aromatic heterocycles. The van der Waals surface area contributed by atoms with Crippen molar-refractivity contribution in [1.29, 1.82) is 0 Å². The van der Waals surface area contributed by atoms with E-state index in [-0.39, 0.29) is 17.2 Å². The van der Waals surface area contributed by atoms with Crippen molar-refractivity contribution < 1.29 is 14.0 Å². The number of hydrogen-bond donors (Lipinski definition) is 1. The lowest BCUT2D eigenvalue weighted by Crippen LogP contribution is -2.15. The fourth-order valence-electron chi connectivity index (χ4n) is 2.93. The summed E-state index contributed by atoms with van der Waals surface area (Å²) in [6.45, 7) is 5.49. The number of anilines is 1. The molecule has 1 amide bonds. The smallest absolute Gasteiger partial charge is 0.258 e. The Morgan fingerprint density at radius 1 is 1.28 bits per heavy atom. The summed E-state index contributed by atoms with van der Waals surface area (Å²) in [5.41, 5.74) is 2.92. The van der Waals surface area contributed by atoms with E-state index in [1.54, 1.807) is 23.6 Å². The number of oxime groups is 1. The van der Waals surface area contributed by atoms with E-state index in [9.17, 15) is 9.18 Å². The molecule has 0 spiro atoms. The van der Waals surface area contributed by atoms with Crippen LogP contribution in [-0.4, -0.2) is 32.7 Å². The van der Waals surface area contributed by atoms with Crippen molar-refractivity contribution in [3.8, 4) is 11.3 Å². The second kappa shape index (κ2) is 7.67. The second-order valence-corrected chi connectivity index (χ2v) is 7.97. The van der Waals surface area contributed by atoms with Gasteiger partial charge in [-0.1, -0.05) is 5.16 Å². The van der Waals surface area contributed by atoms with E-state index in [4.69, 9.17) is 4.84 Å². The molecule has 4 heterocycles.